The number of aromatic nitrogens is 4. The number of oxime groups is 1. The van der Waals surface area contributed by atoms with Crippen LogP contribution in [0.1, 0.15) is 37.6 Å². The van der Waals surface area contributed by atoms with Gasteiger partial charge in [0.2, 0.25) is 5.60 Å². The summed E-state index contributed by atoms with van der Waals surface area (Å²) in [6.45, 7) is 1.69. The van der Waals surface area contributed by atoms with E-state index in [1.807, 2.05) is 6.92 Å². The zero-order chi connectivity index (χ0) is 30.8. The number of aliphatic imine (C=N–C) groups is 1. The van der Waals surface area contributed by atoms with Gasteiger partial charge in [-0.2, -0.15) is 23.4 Å². The van der Waals surface area contributed by atoms with E-state index in [0.29, 0.717) is 12.1 Å². The van der Waals surface area contributed by atoms with Gasteiger partial charge in [0.25, 0.3) is 11.8 Å². The number of nitrogens with zero attached hydrogens (tertiary/aromatic N) is 7. The number of rotatable bonds is 14. The first-order valence-corrected chi connectivity index (χ1v) is 14.6. The molecule has 1 saturated heterocycles. The molecule has 1 aliphatic heterocycles. The largest absolute Gasteiger partial charge is 0.478 e. The van der Waals surface area contributed by atoms with Crippen LogP contribution in [0.25, 0.3) is 0 Å². The van der Waals surface area contributed by atoms with Gasteiger partial charge >= 0.3 is 16.3 Å². The fourth-order valence-electron chi connectivity index (χ4n) is 3.89. The van der Waals surface area contributed by atoms with Crippen molar-refractivity contribution in [3.8, 4) is 0 Å². The molecule has 1 unspecified atom stereocenters. The number of nitrogens with two attached hydrogens (primary N) is 3. The van der Waals surface area contributed by atoms with Crippen LogP contribution in [0, 0.1) is 0 Å². The minimum atomic E-state index is -5.02. The summed E-state index contributed by atoms with van der Waals surface area (Å²) in [5.41, 5.74) is 14.7. The van der Waals surface area contributed by atoms with Crippen LogP contribution >= 0.6 is 11.3 Å². The molecular weight excluding hydrogens is 600 g/mol. The second kappa shape index (κ2) is 11.8. The highest BCUT2D eigenvalue weighted by atomic mass is 32.2. The minimum Gasteiger partial charge on any atom is -0.478 e. The van der Waals surface area contributed by atoms with Gasteiger partial charge in [0.05, 0.1) is 18.4 Å². The summed E-state index contributed by atoms with van der Waals surface area (Å²) in [5, 5.41) is 28.2. The Morgan fingerprint density at radius 3 is 2.62 bits per heavy atom. The summed E-state index contributed by atoms with van der Waals surface area (Å²) in [4.78, 5) is 51.6. The van der Waals surface area contributed by atoms with E-state index in [9.17, 15) is 32.5 Å². The van der Waals surface area contributed by atoms with Crippen molar-refractivity contribution < 1.29 is 37.3 Å². The first-order chi connectivity index (χ1) is 19.7. The molecule has 4 rings (SSSR count). The standard InChI is InChI=1S/C20H28N12O8S2/c1-2-12(27-18(21)22)24-5-9-6-25-31(29-9)7-11-14(16(34)32(11)42(37,38)39)28-15(33)13(10-8-41-19(23)26-10)30-40-20(3-4-20)17(35)36/h6,8,11-12,14,24H,2-5,7H2,1H3,(H2,23,26)(H,28,33)(H,35,36)(H4,21,22,27)(H,37,38,39)/b30-13-/t11-,12?,14+/m1/s1. The van der Waals surface area contributed by atoms with E-state index >= 15 is 0 Å². The van der Waals surface area contributed by atoms with Crippen molar-refractivity contribution >= 4 is 56.2 Å². The average Bonchev–Trinajstić information content (AvgIpc) is 3.37. The van der Waals surface area contributed by atoms with Crippen LogP contribution in [0.4, 0.5) is 5.13 Å². The van der Waals surface area contributed by atoms with Crippen LogP contribution in [0.5, 0.6) is 0 Å². The van der Waals surface area contributed by atoms with Crippen molar-refractivity contribution in [3.05, 3.63) is 23.0 Å². The SMILES string of the molecule is CCC(N=C(N)N)NCc1cnn(C[C@@H]2[C@H](NC(=O)/C(=N\OC3(C(=O)O)CC3)c3csc(N)n3)C(=O)N2S(=O)(=O)O)n1. The number of guanidine groups is 1. The molecule has 0 radical (unpaired) electrons. The van der Waals surface area contributed by atoms with Crippen LogP contribution in [-0.2, 0) is 42.6 Å². The Hall–Kier alpha value is -4.41. The molecule has 228 valence electrons. The molecule has 10 N–H and O–H groups in total. The Bertz CT molecular complexity index is 1530. The summed E-state index contributed by atoms with van der Waals surface area (Å²) in [6.07, 6.45) is 1.88. The zero-order valence-corrected chi connectivity index (χ0v) is 23.6. The number of carbonyl (C=O) groups excluding carboxylic acids is 2. The molecule has 3 heterocycles. The Labute approximate surface area is 241 Å². The third-order valence-electron chi connectivity index (χ3n) is 6.23. The smallest absolute Gasteiger partial charge is 0.362 e. The molecule has 2 fully saturated rings. The second-order valence-corrected chi connectivity index (χ2v) is 11.5. The van der Waals surface area contributed by atoms with Gasteiger partial charge in [0.15, 0.2) is 16.8 Å². The van der Waals surface area contributed by atoms with Crippen LogP contribution in [0.2, 0.25) is 0 Å². The third kappa shape index (κ3) is 6.72. The van der Waals surface area contributed by atoms with Crippen molar-refractivity contribution in [2.24, 2.45) is 21.6 Å². The first-order valence-electron chi connectivity index (χ1n) is 12.3. The van der Waals surface area contributed by atoms with Gasteiger partial charge in [0, 0.05) is 24.8 Å². The lowest BCUT2D eigenvalue weighted by molar-refractivity contribution is -0.153. The molecule has 0 bridgehead atoms. The molecule has 0 spiro atoms. The number of amides is 2. The van der Waals surface area contributed by atoms with Crippen molar-refractivity contribution in [1.29, 1.82) is 0 Å². The number of nitrogen functional groups attached to an aromatic ring is 1. The van der Waals surface area contributed by atoms with E-state index in [1.54, 1.807) is 0 Å². The minimum absolute atomic E-state index is 0.0665. The molecular formula is C20H28N12O8S2. The third-order valence-corrected chi connectivity index (χ3v) is 7.86. The second-order valence-electron chi connectivity index (χ2n) is 9.28. The predicted molar refractivity (Wildman–Crippen MR) is 145 cm³/mol. The number of anilines is 1. The van der Waals surface area contributed by atoms with E-state index in [2.05, 4.69) is 36.0 Å². The van der Waals surface area contributed by atoms with Gasteiger partial charge in [0.1, 0.15) is 23.9 Å². The van der Waals surface area contributed by atoms with Crippen LogP contribution in [-0.4, -0.2) is 95.7 Å². The van der Waals surface area contributed by atoms with Gasteiger partial charge in [-0.25, -0.2) is 19.1 Å². The molecule has 42 heavy (non-hydrogen) atoms. The molecule has 22 heteroatoms. The van der Waals surface area contributed by atoms with Gasteiger partial charge in [-0.1, -0.05) is 12.1 Å². The number of carboxylic acid groups (broad SMARTS) is 1. The first kappa shape index (κ1) is 30.5. The lowest BCUT2D eigenvalue weighted by Crippen LogP contribution is -2.73. The maximum Gasteiger partial charge on any atom is 0.362 e. The Balaban J connectivity index is 1.51. The Kier molecular flexibility index (Phi) is 8.60. The molecule has 1 aliphatic carbocycles. The summed E-state index contributed by atoms with van der Waals surface area (Å²) < 4.78 is 33.7. The number of hydrogen-bond donors (Lipinski definition) is 7. The van der Waals surface area contributed by atoms with Crippen LogP contribution in [0.3, 0.4) is 0 Å². The summed E-state index contributed by atoms with van der Waals surface area (Å²) >= 11 is 0.965. The highest BCUT2D eigenvalue weighted by molar-refractivity contribution is 7.84. The topological polar surface area (TPSA) is 309 Å². The zero-order valence-electron chi connectivity index (χ0n) is 21.9. The molecule has 20 nitrogen and oxygen atoms in total. The maximum absolute atomic E-state index is 13.2. The molecule has 0 aromatic carbocycles. The van der Waals surface area contributed by atoms with Gasteiger partial charge in [-0.05, 0) is 6.42 Å². The molecule has 2 aliphatic rings. The highest BCUT2D eigenvalue weighted by Crippen LogP contribution is 2.40. The number of β-lactam (4-membered cyclic amide) rings is 1. The van der Waals surface area contributed by atoms with Gasteiger partial charge < -0.3 is 32.5 Å². The van der Waals surface area contributed by atoms with Crippen molar-refractivity contribution in [2.45, 2.75) is 63.1 Å². The predicted octanol–water partition coefficient (Wildman–Crippen LogP) is -3.05. The van der Waals surface area contributed by atoms with Crippen LogP contribution < -0.4 is 27.8 Å². The van der Waals surface area contributed by atoms with E-state index in [0.717, 1.165) is 16.1 Å². The Morgan fingerprint density at radius 1 is 1.36 bits per heavy atom. The summed E-state index contributed by atoms with van der Waals surface area (Å²) in [6, 6.07) is -2.82. The number of carbonyl (C=O) groups is 3. The Morgan fingerprint density at radius 2 is 2.07 bits per heavy atom. The van der Waals surface area contributed by atoms with E-state index in [4.69, 9.17) is 22.0 Å². The van der Waals surface area contributed by atoms with Crippen molar-refractivity contribution in [3.63, 3.8) is 0 Å². The fraction of sp³-hybridized carbons (Fsp3) is 0.500. The van der Waals surface area contributed by atoms with E-state index in [-0.39, 0.29) is 47.0 Å². The molecule has 2 aromatic rings. The number of hydrogen-bond acceptors (Lipinski definition) is 14. The molecule has 3 atom stereocenters. The molecule has 1 saturated carbocycles. The highest BCUT2D eigenvalue weighted by Gasteiger charge is 2.56. The summed E-state index contributed by atoms with van der Waals surface area (Å²) in [5.74, 6) is -3.55. The van der Waals surface area contributed by atoms with E-state index < -0.39 is 57.7 Å². The number of carboxylic acids is 1. The van der Waals surface area contributed by atoms with Gasteiger partial charge in [-0.15, -0.1) is 11.3 Å². The lowest BCUT2D eigenvalue weighted by atomic mass is 9.98. The van der Waals surface area contributed by atoms with Gasteiger partial charge in [-0.3, -0.25) is 19.5 Å². The monoisotopic (exact) mass is 628 g/mol. The molecule has 2 amide bonds. The summed E-state index contributed by atoms with van der Waals surface area (Å²) in [7, 11) is -5.02. The van der Waals surface area contributed by atoms with Crippen molar-refractivity contribution in [1.82, 2.24) is 34.9 Å². The normalized spacial score (nSPS) is 20.4. The average molecular weight is 629 g/mol. The van der Waals surface area contributed by atoms with Crippen LogP contribution in [0.15, 0.2) is 21.7 Å². The van der Waals surface area contributed by atoms with E-state index in [1.165, 1.54) is 11.6 Å². The number of aliphatic carboxylic acids is 1. The van der Waals surface area contributed by atoms with Crippen molar-refractivity contribution in [2.75, 3.05) is 5.73 Å². The maximum atomic E-state index is 13.2. The number of nitrogens with one attached hydrogen (secondary N) is 2. The lowest BCUT2D eigenvalue weighted by Gasteiger charge is -2.43. The number of thiazole rings is 1. The fourth-order valence-corrected chi connectivity index (χ4v) is 5.31. The molecule has 2 aromatic heterocycles. The quantitative estimate of drug-likeness (QED) is 0.0359.